The smallest absolute Gasteiger partial charge is 0.303 e. The molecule has 128 valence electrons. The molecule has 0 spiro atoms. The molecule has 0 aliphatic rings. The van der Waals surface area contributed by atoms with Gasteiger partial charge in [-0.25, -0.2) is 0 Å². The lowest BCUT2D eigenvalue weighted by atomic mass is 10.1. The molecule has 23 heavy (non-hydrogen) atoms. The van der Waals surface area contributed by atoms with Gasteiger partial charge in [0.05, 0.1) is 6.61 Å². The average molecular weight is 318 g/mol. The second-order valence-electron chi connectivity index (χ2n) is 5.87. The monoisotopic (exact) mass is 318 g/mol. The molecule has 0 heterocycles. The number of ether oxygens (including phenoxy) is 1. The lowest BCUT2D eigenvalue weighted by Gasteiger charge is -2.06. The van der Waals surface area contributed by atoms with Crippen LogP contribution < -0.4 is 4.74 Å². The molecule has 0 aliphatic heterocycles. The first-order valence-electron chi connectivity index (χ1n) is 8.83. The molecule has 0 radical (unpaired) electrons. The zero-order valence-corrected chi connectivity index (χ0v) is 14.3. The van der Waals surface area contributed by atoms with Gasteiger partial charge in [-0.05, 0) is 37.0 Å². The van der Waals surface area contributed by atoms with E-state index in [1.807, 2.05) is 36.4 Å². The van der Waals surface area contributed by atoms with E-state index in [-0.39, 0.29) is 6.42 Å². The minimum absolute atomic E-state index is 0.232. The van der Waals surface area contributed by atoms with Gasteiger partial charge in [0.15, 0.2) is 0 Å². The maximum Gasteiger partial charge on any atom is 0.303 e. The van der Waals surface area contributed by atoms with Crippen molar-refractivity contribution in [3.05, 3.63) is 35.9 Å². The zero-order valence-electron chi connectivity index (χ0n) is 14.3. The van der Waals surface area contributed by atoms with Gasteiger partial charge < -0.3 is 9.84 Å². The quantitative estimate of drug-likeness (QED) is 0.475. The summed E-state index contributed by atoms with van der Waals surface area (Å²) in [6.45, 7) is 3.02. The van der Waals surface area contributed by atoms with Gasteiger partial charge in [0.1, 0.15) is 5.75 Å². The molecule has 3 heteroatoms. The highest BCUT2D eigenvalue weighted by molar-refractivity contribution is 5.66. The summed E-state index contributed by atoms with van der Waals surface area (Å²) in [5.74, 6) is 0.187. The summed E-state index contributed by atoms with van der Waals surface area (Å²) in [6.07, 6.45) is 13.4. The summed E-state index contributed by atoms with van der Waals surface area (Å²) >= 11 is 0. The number of rotatable bonds is 13. The summed E-state index contributed by atoms with van der Waals surface area (Å²) in [6, 6.07) is 8.05. The average Bonchev–Trinajstić information content (AvgIpc) is 2.55. The number of carboxylic acid groups (broad SMARTS) is 1. The lowest BCUT2D eigenvalue weighted by Crippen LogP contribution is -1.97. The third-order valence-electron chi connectivity index (χ3n) is 3.72. The third kappa shape index (κ3) is 10.6. The highest BCUT2D eigenvalue weighted by Gasteiger charge is 1.96. The molecule has 1 aromatic carbocycles. The van der Waals surface area contributed by atoms with Gasteiger partial charge in [0.25, 0.3) is 0 Å². The molecule has 1 aromatic rings. The van der Waals surface area contributed by atoms with Crippen molar-refractivity contribution < 1.29 is 14.6 Å². The maximum atomic E-state index is 10.4. The Labute approximate surface area is 140 Å². The van der Waals surface area contributed by atoms with Crippen molar-refractivity contribution in [3.8, 4) is 5.75 Å². The van der Waals surface area contributed by atoms with E-state index in [4.69, 9.17) is 9.84 Å². The van der Waals surface area contributed by atoms with E-state index in [1.54, 1.807) is 0 Å². The Bertz CT molecular complexity index is 448. The summed E-state index contributed by atoms with van der Waals surface area (Å²) in [5.41, 5.74) is 1.12. The normalized spacial score (nSPS) is 11.0. The topological polar surface area (TPSA) is 46.5 Å². The van der Waals surface area contributed by atoms with Crippen molar-refractivity contribution in [1.29, 1.82) is 0 Å². The van der Waals surface area contributed by atoms with Crippen LogP contribution in [0.25, 0.3) is 6.08 Å². The molecule has 0 atom stereocenters. The van der Waals surface area contributed by atoms with Crippen molar-refractivity contribution in [2.45, 2.75) is 64.7 Å². The molecule has 0 bridgehead atoms. The number of carbonyl (C=O) groups is 1. The van der Waals surface area contributed by atoms with Crippen LogP contribution in [0.3, 0.4) is 0 Å². The number of benzene rings is 1. The van der Waals surface area contributed by atoms with Crippen molar-refractivity contribution in [1.82, 2.24) is 0 Å². The van der Waals surface area contributed by atoms with E-state index in [9.17, 15) is 4.79 Å². The largest absolute Gasteiger partial charge is 0.494 e. The SMILES string of the molecule is CCCCCCCCOc1ccc(/C=C/CCCC(=O)O)cc1. The molecule has 3 nitrogen and oxygen atoms in total. The molecule has 0 amide bonds. The molecular weight excluding hydrogens is 288 g/mol. The van der Waals surface area contributed by atoms with Crippen LogP contribution in [0, 0.1) is 0 Å². The number of aliphatic carboxylic acids is 1. The Morgan fingerprint density at radius 3 is 2.43 bits per heavy atom. The standard InChI is InChI=1S/C20H30O3/c1-2-3-4-5-6-10-17-23-19-15-13-18(14-16-19)11-8-7-9-12-20(21)22/h8,11,13-16H,2-7,9-10,12,17H2,1H3,(H,21,22)/b11-8+. The van der Waals surface area contributed by atoms with Crippen LogP contribution in [-0.2, 0) is 4.79 Å². The second kappa shape index (κ2) is 12.7. The first-order valence-corrected chi connectivity index (χ1v) is 8.83. The number of carboxylic acids is 1. The van der Waals surface area contributed by atoms with Crippen LogP contribution in [0.1, 0.15) is 70.3 Å². The van der Waals surface area contributed by atoms with Gasteiger partial charge in [-0.3, -0.25) is 4.79 Å². The van der Waals surface area contributed by atoms with Crippen LogP contribution in [0.2, 0.25) is 0 Å². The highest BCUT2D eigenvalue weighted by Crippen LogP contribution is 2.14. The van der Waals surface area contributed by atoms with Crippen LogP contribution in [-0.4, -0.2) is 17.7 Å². The van der Waals surface area contributed by atoms with E-state index in [1.165, 1.54) is 32.1 Å². The van der Waals surface area contributed by atoms with Gasteiger partial charge in [-0.1, -0.05) is 63.3 Å². The summed E-state index contributed by atoms with van der Waals surface area (Å²) in [5, 5.41) is 8.56. The zero-order chi connectivity index (χ0) is 16.8. The maximum absolute atomic E-state index is 10.4. The first-order chi connectivity index (χ1) is 11.2. The van der Waals surface area contributed by atoms with Crippen LogP contribution >= 0.6 is 0 Å². The Kier molecular flexibility index (Phi) is 10.7. The van der Waals surface area contributed by atoms with Crippen molar-refractivity contribution in [2.24, 2.45) is 0 Å². The second-order valence-corrected chi connectivity index (χ2v) is 5.87. The fraction of sp³-hybridized carbons (Fsp3) is 0.550. The summed E-state index contributed by atoms with van der Waals surface area (Å²) < 4.78 is 5.75. The van der Waals surface area contributed by atoms with Crippen LogP contribution in [0.15, 0.2) is 30.3 Å². The van der Waals surface area contributed by atoms with Crippen LogP contribution in [0.5, 0.6) is 5.75 Å². The van der Waals surface area contributed by atoms with Crippen LogP contribution in [0.4, 0.5) is 0 Å². The molecule has 0 unspecified atom stereocenters. The van der Waals surface area contributed by atoms with E-state index in [0.717, 1.165) is 30.8 Å². The minimum Gasteiger partial charge on any atom is -0.494 e. The molecule has 0 fully saturated rings. The number of allylic oxidation sites excluding steroid dienone is 1. The number of hydrogen-bond acceptors (Lipinski definition) is 2. The van der Waals surface area contributed by atoms with E-state index in [2.05, 4.69) is 6.92 Å². The molecule has 0 saturated carbocycles. The number of unbranched alkanes of at least 4 members (excludes halogenated alkanes) is 6. The van der Waals surface area contributed by atoms with Crippen molar-refractivity contribution >= 4 is 12.0 Å². The van der Waals surface area contributed by atoms with Gasteiger partial charge in [-0.2, -0.15) is 0 Å². The van der Waals surface area contributed by atoms with Crippen molar-refractivity contribution in [3.63, 3.8) is 0 Å². The highest BCUT2D eigenvalue weighted by atomic mass is 16.5. The van der Waals surface area contributed by atoms with Crippen molar-refractivity contribution in [2.75, 3.05) is 6.61 Å². The fourth-order valence-corrected chi connectivity index (χ4v) is 2.34. The molecule has 1 rings (SSSR count). The molecule has 0 aromatic heterocycles. The van der Waals surface area contributed by atoms with Gasteiger partial charge in [0.2, 0.25) is 0 Å². The van der Waals surface area contributed by atoms with E-state index < -0.39 is 5.97 Å². The Morgan fingerprint density at radius 1 is 1.04 bits per heavy atom. The molecule has 0 saturated heterocycles. The molecular formula is C20H30O3. The third-order valence-corrected chi connectivity index (χ3v) is 3.72. The summed E-state index contributed by atoms with van der Waals surface area (Å²) in [4.78, 5) is 10.4. The Balaban J connectivity index is 2.15. The molecule has 0 aliphatic carbocycles. The molecule has 1 N–H and O–H groups in total. The lowest BCUT2D eigenvalue weighted by molar-refractivity contribution is -0.137. The fourth-order valence-electron chi connectivity index (χ4n) is 2.34. The number of hydrogen-bond donors (Lipinski definition) is 1. The Hall–Kier alpha value is -1.77. The van der Waals surface area contributed by atoms with E-state index >= 15 is 0 Å². The summed E-state index contributed by atoms with van der Waals surface area (Å²) in [7, 11) is 0. The predicted molar refractivity (Wildman–Crippen MR) is 95.8 cm³/mol. The minimum atomic E-state index is -0.731. The van der Waals surface area contributed by atoms with E-state index in [0.29, 0.717) is 6.42 Å². The van der Waals surface area contributed by atoms with Gasteiger partial charge >= 0.3 is 5.97 Å². The van der Waals surface area contributed by atoms with Gasteiger partial charge in [0, 0.05) is 6.42 Å². The van der Waals surface area contributed by atoms with Gasteiger partial charge in [-0.15, -0.1) is 0 Å². The first kappa shape index (κ1) is 19.3. The Morgan fingerprint density at radius 2 is 1.74 bits per heavy atom. The predicted octanol–water partition coefficient (Wildman–Crippen LogP) is 5.69.